The summed E-state index contributed by atoms with van der Waals surface area (Å²) < 4.78 is 17.0. The largest absolute Gasteiger partial charge is 0.497 e. The standard InChI is InChI=1S/C26H23NO6/c1-31-18-7-8-19-21(28)15-26(33-23(19)14-18)10-12-27(13-11-26)24(29)9-6-17-16-32-22-5-3-2-4-20(22)25(17)30/h2-9,14,16H,10-13,15H2,1H3/b9-6+. The van der Waals surface area contributed by atoms with Crippen LogP contribution in [0.15, 0.2) is 64.0 Å². The van der Waals surface area contributed by atoms with Crippen LogP contribution in [-0.2, 0) is 4.79 Å². The van der Waals surface area contributed by atoms with Gasteiger partial charge in [0.2, 0.25) is 5.91 Å². The van der Waals surface area contributed by atoms with Gasteiger partial charge < -0.3 is 18.8 Å². The third-order valence-electron chi connectivity index (χ3n) is 6.40. The topological polar surface area (TPSA) is 86.1 Å². The molecule has 0 bridgehead atoms. The van der Waals surface area contributed by atoms with E-state index in [1.54, 1.807) is 54.5 Å². The van der Waals surface area contributed by atoms with E-state index in [4.69, 9.17) is 13.9 Å². The van der Waals surface area contributed by atoms with E-state index in [-0.39, 0.29) is 17.1 Å². The van der Waals surface area contributed by atoms with Gasteiger partial charge in [-0.25, -0.2) is 0 Å². The highest BCUT2D eigenvalue weighted by atomic mass is 16.5. The molecule has 0 saturated carbocycles. The number of carbonyl (C=O) groups is 2. The summed E-state index contributed by atoms with van der Waals surface area (Å²) in [6.45, 7) is 0.921. The molecule has 5 rings (SSSR count). The molecule has 0 unspecified atom stereocenters. The molecular weight excluding hydrogens is 422 g/mol. The Morgan fingerprint density at radius 3 is 2.70 bits per heavy atom. The summed E-state index contributed by atoms with van der Waals surface area (Å²) in [5.74, 6) is 1.02. The fraction of sp³-hybridized carbons (Fsp3) is 0.269. The predicted molar refractivity (Wildman–Crippen MR) is 123 cm³/mol. The third-order valence-corrected chi connectivity index (χ3v) is 6.40. The first-order valence-corrected chi connectivity index (χ1v) is 10.9. The molecule has 0 atom stereocenters. The molecule has 0 radical (unpaired) electrons. The molecule has 1 amide bonds. The Bertz CT molecular complexity index is 1330. The number of piperidine rings is 1. The van der Waals surface area contributed by atoms with E-state index < -0.39 is 5.60 Å². The Balaban J connectivity index is 1.27. The zero-order valence-corrected chi connectivity index (χ0v) is 18.2. The van der Waals surface area contributed by atoms with Gasteiger partial charge in [-0.2, -0.15) is 0 Å². The molecule has 0 N–H and O–H groups in total. The van der Waals surface area contributed by atoms with Gasteiger partial charge in [-0.15, -0.1) is 0 Å². The average molecular weight is 445 g/mol. The van der Waals surface area contributed by atoms with Crippen LogP contribution in [0.2, 0.25) is 0 Å². The van der Waals surface area contributed by atoms with Crippen molar-refractivity contribution in [1.29, 1.82) is 0 Å². The SMILES string of the molecule is COc1ccc2c(c1)OC1(CCN(C(=O)/C=C/c3coc4ccccc4c3=O)CC1)CC2=O. The molecule has 168 valence electrons. The van der Waals surface area contributed by atoms with Gasteiger partial charge in [0.25, 0.3) is 0 Å². The first-order chi connectivity index (χ1) is 16.0. The monoisotopic (exact) mass is 445 g/mol. The van der Waals surface area contributed by atoms with Crippen molar-refractivity contribution in [2.24, 2.45) is 0 Å². The number of amides is 1. The second-order valence-corrected chi connectivity index (χ2v) is 8.42. The number of likely N-dealkylation sites (tertiary alicyclic amines) is 1. The summed E-state index contributed by atoms with van der Waals surface area (Å²) in [5, 5.41) is 0.475. The van der Waals surface area contributed by atoms with Crippen molar-refractivity contribution in [1.82, 2.24) is 4.90 Å². The van der Waals surface area contributed by atoms with Gasteiger partial charge in [-0.05, 0) is 30.3 Å². The number of para-hydroxylation sites is 1. The van der Waals surface area contributed by atoms with Gasteiger partial charge in [0.1, 0.15) is 28.9 Å². The smallest absolute Gasteiger partial charge is 0.246 e. The lowest BCUT2D eigenvalue weighted by molar-refractivity contribution is -0.129. The molecule has 1 spiro atoms. The first-order valence-electron chi connectivity index (χ1n) is 10.9. The molecule has 3 heterocycles. The van der Waals surface area contributed by atoms with E-state index in [1.807, 2.05) is 0 Å². The number of ether oxygens (including phenoxy) is 2. The number of hydrogen-bond acceptors (Lipinski definition) is 6. The highest BCUT2D eigenvalue weighted by Crippen LogP contribution is 2.40. The van der Waals surface area contributed by atoms with Crippen molar-refractivity contribution < 1.29 is 23.5 Å². The van der Waals surface area contributed by atoms with Gasteiger partial charge in [0.15, 0.2) is 11.2 Å². The van der Waals surface area contributed by atoms with Crippen molar-refractivity contribution in [2.75, 3.05) is 20.2 Å². The van der Waals surface area contributed by atoms with Gasteiger partial charge in [0, 0.05) is 38.1 Å². The lowest BCUT2D eigenvalue weighted by atomic mass is 9.82. The highest BCUT2D eigenvalue weighted by Gasteiger charge is 2.43. The van der Waals surface area contributed by atoms with Crippen LogP contribution < -0.4 is 14.9 Å². The summed E-state index contributed by atoms with van der Waals surface area (Å²) in [5.41, 5.74) is 0.603. The zero-order chi connectivity index (χ0) is 23.0. The number of ketones is 1. The number of Topliss-reactive ketones (excluding diaryl/α,β-unsaturated/α-hetero) is 1. The minimum absolute atomic E-state index is 0.0432. The van der Waals surface area contributed by atoms with Crippen molar-refractivity contribution in [2.45, 2.75) is 24.9 Å². The van der Waals surface area contributed by atoms with Gasteiger partial charge in [-0.3, -0.25) is 14.4 Å². The van der Waals surface area contributed by atoms with Crippen molar-refractivity contribution >= 4 is 28.7 Å². The molecule has 2 aliphatic rings. The predicted octanol–water partition coefficient (Wildman–Crippen LogP) is 3.84. The summed E-state index contributed by atoms with van der Waals surface area (Å²) in [6.07, 6.45) is 5.65. The van der Waals surface area contributed by atoms with Gasteiger partial charge >= 0.3 is 0 Å². The van der Waals surface area contributed by atoms with Crippen LogP contribution in [0, 0.1) is 0 Å². The molecule has 1 aromatic heterocycles. The number of rotatable bonds is 3. The van der Waals surface area contributed by atoms with E-state index >= 15 is 0 Å². The third kappa shape index (κ3) is 3.91. The number of nitrogens with zero attached hydrogens (tertiary/aromatic N) is 1. The molecule has 7 nitrogen and oxygen atoms in total. The molecule has 0 aliphatic carbocycles. The first kappa shape index (κ1) is 21.0. The lowest BCUT2D eigenvalue weighted by Gasteiger charge is -2.43. The van der Waals surface area contributed by atoms with E-state index in [0.29, 0.717) is 65.9 Å². The van der Waals surface area contributed by atoms with E-state index in [0.717, 1.165) is 0 Å². The summed E-state index contributed by atoms with van der Waals surface area (Å²) in [7, 11) is 1.57. The summed E-state index contributed by atoms with van der Waals surface area (Å²) in [4.78, 5) is 39.8. The molecular formula is C26H23NO6. The number of benzene rings is 2. The van der Waals surface area contributed by atoms with Crippen LogP contribution in [0.25, 0.3) is 17.0 Å². The van der Waals surface area contributed by atoms with Crippen LogP contribution in [0.3, 0.4) is 0 Å². The normalized spacial score (nSPS) is 17.2. The fourth-order valence-corrected chi connectivity index (χ4v) is 4.49. The second-order valence-electron chi connectivity index (χ2n) is 8.42. The minimum atomic E-state index is -0.615. The second kappa shape index (κ2) is 8.24. The molecule has 2 aromatic carbocycles. The molecule has 3 aromatic rings. The van der Waals surface area contributed by atoms with E-state index in [1.165, 1.54) is 18.4 Å². The molecule has 33 heavy (non-hydrogen) atoms. The fourth-order valence-electron chi connectivity index (χ4n) is 4.49. The summed E-state index contributed by atoms with van der Waals surface area (Å²) in [6, 6.07) is 12.2. The average Bonchev–Trinajstić information content (AvgIpc) is 2.83. The molecule has 1 fully saturated rings. The van der Waals surface area contributed by atoms with Crippen LogP contribution >= 0.6 is 0 Å². The van der Waals surface area contributed by atoms with E-state index in [2.05, 4.69) is 0 Å². The molecule has 1 saturated heterocycles. The lowest BCUT2D eigenvalue weighted by Crippen LogP contribution is -2.52. The van der Waals surface area contributed by atoms with Crippen LogP contribution in [0.5, 0.6) is 11.5 Å². The Morgan fingerprint density at radius 1 is 1.12 bits per heavy atom. The maximum absolute atomic E-state index is 12.7. The Kier molecular flexibility index (Phi) is 5.24. The Labute approximate surface area is 190 Å². The minimum Gasteiger partial charge on any atom is -0.497 e. The summed E-state index contributed by atoms with van der Waals surface area (Å²) >= 11 is 0. The van der Waals surface area contributed by atoms with Gasteiger partial charge in [-0.1, -0.05) is 12.1 Å². The zero-order valence-electron chi connectivity index (χ0n) is 18.2. The van der Waals surface area contributed by atoms with Crippen LogP contribution in [-0.4, -0.2) is 42.4 Å². The maximum atomic E-state index is 12.7. The van der Waals surface area contributed by atoms with Crippen molar-refractivity contribution in [3.05, 3.63) is 76.2 Å². The van der Waals surface area contributed by atoms with Crippen molar-refractivity contribution in [3.63, 3.8) is 0 Å². The number of fused-ring (bicyclic) bond motifs is 2. The van der Waals surface area contributed by atoms with Crippen LogP contribution in [0.1, 0.15) is 35.2 Å². The van der Waals surface area contributed by atoms with Crippen molar-refractivity contribution in [3.8, 4) is 11.5 Å². The van der Waals surface area contributed by atoms with E-state index in [9.17, 15) is 14.4 Å². The quantitative estimate of drug-likeness (QED) is 0.570. The Hall–Kier alpha value is -3.87. The number of hydrogen-bond donors (Lipinski definition) is 0. The Morgan fingerprint density at radius 2 is 1.91 bits per heavy atom. The molecule has 7 heteroatoms. The number of methoxy groups -OCH3 is 1. The van der Waals surface area contributed by atoms with Gasteiger partial charge in [0.05, 0.1) is 30.0 Å². The number of carbonyl (C=O) groups excluding carboxylic acids is 2. The maximum Gasteiger partial charge on any atom is 0.246 e. The van der Waals surface area contributed by atoms with Crippen LogP contribution in [0.4, 0.5) is 0 Å². The molecule has 2 aliphatic heterocycles. The highest BCUT2D eigenvalue weighted by molar-refractivity contribution is 6.00.